The van der Waals surface area contributed by atoms with E-state index in [0.717, 1.165) is 0 Å². The van der Waals surface area contributed by atoms with Gasteiger partial charge in [0.15, 0.2) is 0 Å². The summed E-state index contributed by atoms with van der Waals surface area (Å²) in [5, 5.41) is 17.6. The molecule has 0 saturated carbocycles. The van der Waals surface area contributed by atoms with E-state index in [1.807, 2.05) is 0 Å². The van der Waals surface area contributed by atoms with Crippen LogP contribution in [0.4, 0.5) is 4.39 Å². The molecular weight excluding hydrogens is 164 g/mol. The van der Waals surface area contributed by atoms with E-state index in [4.69, 9.17) is 16.9 Å². The highest BCUT2D eigenvalue weighted by molar-refractivity contribution is 6.58. The average Bonchev–Trinajstić information content (AvgIpc) is 2.11. The molecule has 0 amide bonds. The number of pyridine rings is 1. The highest BCUT2D eigenvalue weighted by Crippen LogP contribution is 2.03. The van der Waals surface area contributed by atoms with Crippen LogP contribution >= 0.6 is 0 Å². The van der Waals surface area contributed by atoms with Gasteiger partial charge in [0.2, 0.25) is 5.88 Å². The number of rotatable bonds is 2. The lowest BCUT2D eigenvalue weighted by Gasteiger charge is -2.02. The molecule has 0 aliphatic carbocycles. The van der Waals surface area contributed by atoms with Gasteiger partial charge in [-0.2, -0.15) is 0 Å². The van der Waals surface area contributed by atoms with Crippen molar-refractivity contribution in [2.24, 2.45) is 0 Å². The fourth-order valence-electron chi connectivity index (χ4n) is 0.584. The molecule has 1 heterocycles. The minimum atomic E-state index is -2.94. The standard InChI is InChI=1S/C6H7BFNO3/c1-12-6-2-4(7(10)11)5(8)3-9-6/h2-3,10-11H,1H3/i1D3,2D,3D. The third-order valence-corrected chi connectivity index (χ3v) is 1.09. The van der Waals surface area contributed by atoms with E-state index in [-0.39, 0.29) is 0 Å². The molecule has 1 rings (SSSR count). The molecule has 0 radical (unpaired) electrons. The van der Waals surface area contributed by atoms with Crippen molar-refractivity contribution in [2.45, 2.75) is 0 Å². The molecule has 64 valence electrons. The summed E-state index contributed by atoms with van der Waals surface area (Å²) in [6.07, 6.45) is -1.04. The van der Waals surface area contributed by atoms with Crippen molar-refractivity contribution in [2.75, 3.05) is 7.04 Å². The van der Waals surface area contributed by atoms with Gasteiger partial charge in [-0.1, -0.05) is 0 Å². The molecule has 1 aromatic heterocycles. The van der Waals surface area contributed by atoms with E-state index in [9.17, 15) is 4.39 Å². The van der Waals surface area contributed by atoms with Gasteiger partial charge >= 0.3 is 7.12 Å². The molecule has 0 unspecified atom stereocenters. The van der Waals surface area contributed by atoms with Crippen LogP contribution in [-0.2, 0) is 0 Å². The molecule has 2 N–H and O–H groups in total. The highest BCUT2D eigenvalue weighted by Gasteiger charge is 2.17. The van der Waals surface area contributed by atoms with Crippen molar-refractivity contribution in [3.05, 3.63) is 18.0 Å². The summed E-state index contributed by atoms with van der Waals surface area (Å²) < 4.78 is 52.2. The van der Waals surface area contributed by atoms with Crippen molar-refractivity contribution in [1.29, 1.82) is 0 Å². The number of halogens is 1. The van der Waals surface area contributed by atoms with Crippen LogP contribution in [0.5, 0.6) is 5.88 Å². The zero-order valence-corrected chi connectivity index (χ0v) is 5.71. The van der Waals surface area contributed by atoms with Gasteiger partial charge in [-0.05, 0) is 0 Å². The Morgan fingerprint density at radius 1 is 1.83 bits per heavy atom. The summed E-state index contributed by atoms with van der Waals surface area (Å²) >= 11 is 0. The van der Waals surface area contributed by atoms with Gasteiger partial charge < -0.3 is 14.8 Å². The van der Waals surface area contributed by atoms with Crippen LogP contribution in [0, 0.1) is 5.82 Å². The number of nitrogens with zero attached hydrogens (tertiary/aromatic N) is 1. The molecule has 0 fully saturated rings. The number of ether oxygens (including phenoxy) is 1. The van der Waals surface area contributed by atoms with Crippen LogP contribution in [0.15, 0.2) is 12.2 Å². The molecule has 0 bridgehead atoms. The summed E-state index contributed by atoms with van der Waals surface area (Å²) in [6.45, 7) is 0. The molecule has 0 aromatic carbocycles. The Hall–Kier alpha value is -1.14. The predicted octanol–water partition coefficient (Wildman–Crippen LogP) is -1.09. The van der Waals surface area contributed by atoms with Crippen LogP contribution < -0.4 is 10.2 Å². The Morgan fingerprint density at radius 2 is 2.58 bits per heavy atom. The first-order valence-electron chi connectivity index (χ1n) is 5.35. The van der Waals surface area contributed by atoms with E-state index < -0.39 is 43.5 Å². The maximum atomic E-state index is 13.2. The van der Waals surface area contributed by atoms with Gasteiger partial charge in [0.25, 0.3) is 0 Å². The van der Waals surface area contributed by atoms with Crippen LogP contribution in [0.3, 0.4) is 0 Å². The summed E-state index contributed by atoms with van der Waals surface area (Å²) in [6, 6.07) is -0.926. The summed E-state index contributed by atoms with van der Waals surface area (Å²) in [5.41, 5.74) is -0.954. The summed E-state index contributed by atoms with van der Waals surface area (Å²) in [7, 11) is -5.31. The zero-order valence-electron chi connectivity index (χ0n) is 10.7. The number of hydrogen-bond donors (Lipinski definition) is 2. The lowest BCUT2D eigenvalue weighted by atomic mass is 9.80. The molecule has 4 nitrogen and oxygen atoms in total. The van der Waals surface area contributed by atoms with Crippen LogP contribution in [0.1, 0.15) is 6.85 Å². The van der Waals surface area contributed by atoms with Crippen LogP contribution in [0.25, 0.3) is 0 Å². The SMILES string of the molecule is [2H]c1nc(OC([2H])([2H])[2H])c([2H])c(B(O)O)c1F. The van der Waals surface area contributed by atoms with E-state index in [2.05, 4.69) is 9.72 Å². The molecule has 6 heteroatoms. The van der Waals surface area contributed by atoms with Crippen LogP contribution in [-0.4, -0.2) is 29.2 Å². The fourth-order valence-corrected chi connectivity index (χ4v) is 0.584. The van der Waals surface area contributed by atoms with Crippen molar-refractivity contribution >= 4 is 12.6 Å². The largest absolute Gasteiger partial charge is 0.491 e. The van der Waals surface area contributed by atoms with Gasteiger partial charge in [0, 0.05) is 11.5 Å². The second kappa shape index (κ2) is 3.51. The Labute approximate surface area is 75.8 Å². The minimum Gasteiger partial charge on any atom is -0.481 e. The molecule has 12 heavy (non-hydrogen) atoms. The second-order valence-electron chi connectivity index (χ2n) is 1.86. The maximum Gasteiger partial charge on any atom is 0.491 e. The Bertz CT molecular complexity index is 441. The van der Waals surface area contributed by atoms with Gasteiger partial charge in [0.1, 0.15) is 5.82 Å². The normalized spacial score (nSPS) is 16.8. The second-order valence-corrected chi connectivity index (χ2v) is 1.86. The summed E-state index contributed by atoms with van der Waals surface area (Å²) in [4.78, 5) is 3.10. The van der Waals surface area contributed by atoms with Crippen LogP contribution in [0.2, 0.25) is 0 Å². The number of hydrogen-bond acceptors (Lipinski definition) is 4. The zero-order chi connectivity index (χ0) is 13.4. The number of methoxy groups -OCH3 is 1. The highest BCUT2D eigenvalue weighted by atomic mass is 19.1. The monoisotopic (exact) mass is 176 g/mol. The molecule has 0 aliphatic rings. The maximum absolute atomic E-state index is 13.2. The minimum absolute atomic E-state index is 0.862. The topological polar surface area (TPSA) is 62.6 Å². The van der Waals surface area contributed by atoms with Crippen molar-refractivity contribution in [1.82, 2.24) is 4.98 Å². The lowest BCUT2D eigenvalue weighted by molar-refractivity contribution is 0.394. The van der Waals surface area contributed by atoms with E-state index in [1.165, 1.54) is 0 Å². The predicted molar refractivity (Wildman–Crippen MR) is 40.6 cm³/mol. The van der Waals surface area contributed by atoms with E-state index >= 15 is 0 Å². The van der Waals surface area contributed by atoms with Gasteiger partial charge in [-0.3, -0.25) is 0 Å². The average molecular weight is 176 g/mol. The van der Waals surface area contributed by atoms with Crippen molar-refractivity contribution in [3.8, 4) is 5.88 Å². The van der Waals surface area contributed by atoms with Gasteiger partial charge in [-0.15, -0.1) is 0 Å². The van der Waals surface area contributed by atoms with Gasteiger partial charge in [0.05, 0.1) is 20.1 Å². The molecule has 0 spiro atoms. The molecular formula is C6H7BFNO3. The quantitative estimate of drug-likeness (QED) is 0.562. The molecule has 0 atom stereocenters. The third-order valence-electron chi connectivity index (χ3n) is 1.09. The van der Waals surface area contributed by atoms with Crippen molar-refractivity contribution in [3.63, 3.8) is 0 Å². The number of aromatic nitrogens is 1. The first kappa shape index (κ1) is 4.20. The third kappa shape index (κ3) is 1.72. The molecule has 0 aliphatic heterocycles. The molecule has 0 saturated heterocycles. The van der Waals surface area contributed by atoms with E-state index in [1.54, 1.807) is 0 Å². The Kier molecular flexibility index (Phi) is 1.23. The van der Waals surface area contributed by atoms with Crippen molar-refractivity contribution < 1.29 is 26.0 Å². The Balaban J connectivity index is 3.34. The summed E-state index contributed by atoms with van der Waals surface area (Å²) in [5.74, 6) is -2.28. The first-order valence-corrected chi connectivity index (χ1v) is 2.85. The Morgan fingerprint density at radius 3 is 3.17 bits per heavy atom. The lowest BCUT2D eigenvalue weighted by Crippen LogP contribution is -2.33. The molecule has 1 aromatic rings. The fraction of sp³-hybridized carbons (Fsp3) is 0.167. The smallest absolute Gasteiger partial charge is 0.481 e. The van der Waals surface area contributed by atoms with Gasteiger partial charge in [-0.25, -0.2) is 9.37 Å². The first-order chi connectivity index (χ1) is 7.63. The van der Waals surface area contributed by atoms with E-state index in [0.29, 0.717) is 0 Å².